The van der Waals surface area contributed by atoms with Gasteiger partial charge in [-0.15, -0.1) is 0 Å². The molecular weight excluding hydrogens is 146 g/mol. The lowest BCUT2D eigenvalue weighted by atomic mass is 10.2. The molecule has 0 aliphatic rings. The summed E-state index contributed by atoms with van der Waals surface area (Å²) in [5.41, 5.74) is 1.20. The third kappa shape index (κ3) is 5.00. The molecule has 0 aromatic heterocycles. The van der Waals surface area contributed by atoms with Crippen molar-refractivity contribution in [1.82, 2.24) is 4.90 Å². The summed E-state index contributed by atoms with van der Waals surface area (Å²) in [7, 11) is 2.08. The van der Waals surface area contributed by atoms with Crippen molar-refractivity contribution in [3.05, 3.63) is 24.4 Å². The Balaban J connectivity index is 3.70. The summed E-state index contributed by atoms with van der Waals surface area (Å²) in [6.07, 6.45) is 5.46. The minimum Gasteiger partial charge on any atom is -0.375 e. The fourth-order valence-corrected chi connectivity index (χ4v) is 0.890. The fraction of sp³-hybridized carbons (Fsp3) is 0.636. The van der Waals surface area contributed by atoms with Gasteiger partial charge in [0.15, 0.2) is 0 Å². The van der Waals surface area contributed by atoms with Crippen molar-refractivity contribution in [3.63, 3.8) is 0 Å². The summed E-state index contributed by atoms with van der Waals surface area (Å²) in [5, 5.41) is 0. The third-order valence-corrected chi connectivity index (χ3v) is 1.85. The van der Waals surface area contributed by atoms with E-state index in [-0.39, 0.29) is 0 Å². The first-order chi connectivity index (χ1) is 5.57. The summed E-state index contributed by atoms with van der Waals surface area (Å²) in [6.45, 7) is 11.4. The fourth-order valence-electron chi connectivity index (χ4n) is 0.890. The molecule has 0 aromatic carbocycles. The topological polar surface area (TPSA) is 3.24 Å². The van der Waals surface area contributed by atoms with Gasteiger partial charge in [0.2, 0.25) is 0 Å². The smallest absolute Gasteiger partial charge is 0.0353 e. The molecule has 0 aliphatic carbocycles. The Morgan fingerprint density at radius 3 is 2.50 bits per heavy atom. The Labute approximate surface area is 76.8 Å². The molecule has 0 fully saturated rings. The Morgan fingerprint density at radius 2 is 2.08 bits per heavy atom. The Kier molecular flexibility index (Phi) is 5.52. The second-order valence-electron chi connectivity index (χ2n) is 3.47. The van der Waals surface area contributed by atoms with Crippen LogP contribution in [0.1, 0.15) is 27.2 Å². The van der Waals surface area contributed by atoms with E-state index in [1.54, 1.807) is 0 Å². The van der Waals surface area contributed by atoms with Gasteiger partial charge in [-0.1, -0.05) is 39.5 Å². The first kappa shape index (κ1) is 11.3. The van der Waals surface area contributed by atoms with Crippen LogP contribution in [-0.4, -0.2) is 18.5 Å². The first-order valence-electron chi connectivity index (χ1n) is 4.63. The Bertz CT molecular complexity index is 156. The van der Waals surface area contributed by atoms with E-state index >= 15 is 0 Å². The average molecular weight is 167 g/mol. The number of likely N-dealkylation sites (N-methyl/N-ethyl adjacent to an activating group) is 1. The molecular formula is C11H21N. The molecule has 0 atom stereocenters. The maximum absolute atomic E-state index is 3.96. The van der Waals surface area contributed by atoms with E-state index in [9.17, 15) is 0 Å². The quantitative estimate of drug-likeness (QED) is 0.569. The maximum atomic E-state index is 3.96. The van der Waals surface area contributed by atoms with E-state index in [2.05, 4.69) is 51.4 Å². The van der Waals surface area contributed by atoms with E-state index in [0.717, 1.165) is 13.0 Å². The van der Waals surface area contributed by atoms with Gasteiger partial charge < -0.3 is 4.90 Å². The number of allylic oxidation sites excluding steroid dienone is 2. The minimum atomic E-state index is 0.647. The van der Waals surface area contributed by atoms with E-state index in [0.29, 0.717) is 5.92 Å². The van der Waals surface area contributed by atoms with Crippen molar-refractivity contribution in [3.8, 4) is 0 Å². The highest BCUT2D eigenvalue weighted by atomic mass is 15.1. The highest BCUT2D eigenvalue weighted by molar-refractivity contribution is 4.96. The highest BCUT2D eigenvalue weighted by Gasteiger charge is 1.95. The van der Waals surface area contributed by atoms with Gasteiger partial charge in [0.25, 0.3) is 0 Å². The summed E-state index contributed by atoms with van der Waals surface area (Å²) < 4.78 is 0. The molecule has 70 valence electrons. The molecule has 0 amide bonds. The molecule has 1 nitrogen and oxygen atoms in total. The van der Waals surface area contributed by atoms with E-state index in [1.165, 1.54) is 5.70 Å². The number of hydrogen-bond acceptors (Lipinski definition) is 1. The molecule has 0 heterocycles. The van der Waals surface area contributed by atoms with E-state index in [4.69, 9.17) is 0 Å². The van der Waals surface area contributed by atoms with Crippen LogP contribution in [0, 0.1) is 5.92 Å². The number of hydrogen-bond donors (Lipinski definition) is 0. The van der Waals surface area contributed by atoms with Crippen LogP contribution in [0.4, 0.5) is 0 Å². The van der Waals surface area contributed by atoms with Crippen molar-refractivity contribution >= 4 is 0 Å². The van der Waals surface area contributed by atoms with E-state index in [1.807, 2.05) is 0 Å². The zero-order chi connectivity index (χ0) is 9.56. The van der Waals surface area contributed by atoms with Crippen LogP contribution in [-0.2, 0) is 0 Å². The van der Waals surface area contributed by atoms with Crippen LogP contribution < -0.4 is 0 Å². The molecule has 0 aliphatic heterocycles. The molecule has 0 radical (unpaired) electrons. The molecule has 0 saturated carbocycles. The zero-order valence-electron chi connectivity index (χ0n) is 8.80. The predicted molar refractivity (Wildman–Crippen MR) is 56.0 cm³/mol. The molecule has 12 heavy (non-hydrogen) atoms. The molecule has 0 bridgehead atoms. The molecule has 0 rings (SSSR count). The lowest BCUT2D eigenvalue weighted by Crippen LogP contribution is -2.16. The normalized spacial score (nSPS) is 11.1. The zero-order valence-corrected chi connectivity index (χ0v) is 8.80. The second kappa shape index (κ2) is 5.87. The molecule has 0 spiro atoms. The van der Waals surface area contributed by atoms with Gasteiger partial charge in [-0.05, 0) is 12.3 Å². The van der Waals surface area contributed by atoms with Crippen LogP contribution >= 0.6 is 0 Å². The van der Waals surface area contributed by atoms with Crippen molar-refractivity contribution in [2.45, 2.75) is 27.2 Å². The lowest BCUT2D eigenvalue weighted by Gasteiger charge is -2.18. The van der Waals surface area contributed by atoms with Gasteiger partial charge in [-0.3, -0.25) is 0 Å². The summed E-state index contributed by atoms with van der Waals surface area (Å²) in [6, 6.07) is 0. The summed E-state index contributed by atoms with van der Waals surface area (Å²) in [4.78, 5) is 2.18. The SMILES string of the molecule is C=C(CC)N(C)C/C=C/C(C)C. The number of nitrogens with zero attached hydrogens (tertiary/aromatic N) is 1. The third-order valence-electron chi connectivity index (χ3n) is 1.85. The van der Waals surface area contributed by atoms with Gasteiger partial charge in [-0.2, -0.15) is 0 Å². The van der Waals surface area contributed by atoms with Gasteiger partial charge in [0.05, 0.1) is 0 Å². The van der Waals surface area contributed by atoms with Crippen molar-refractivity contribution < 1.29 is 0 Å². The highest BCUT2D eigenvalue weighted by Crippen LogP contribution is 2.02. The lowest BCUT2D eigenvalue weighted by molar-refractivity contribution is 0.451. The second-order valence-corrected chi connectivity index (χ2v) is 3.47. The summed E-state index contributed by atoms with van der Waals surface area (Å²) in [5.74, 6) is 0.647. The van der Waals surface area contributed by atoms with Crippen molar-refractivity contribution in [2.24, 2.45) is 5.92 Å². The van der Waals surface area contributed by atoms with Crippen molar-refractivity contribution in [1.29, 1.82) is 0 Å². The molecule has 0 aromatic rings. The minimum absolute atomic E-state index is 0.647. The van der Waals surface area contributed by atoms with Crippen LogP contribution in [0.25, 0.3) is 0 Å². The van der Waals surface area contributed by atoms with Crippen LogP contribution in [0.3, 0.4) is 0 Å². The van der Waals surface area contributed by atoms with Crippen LogP contribution in [0.15, 0.2) is 24.4 Å². The summed E-state index contributed by atoms with van der Waals surface area (Å²) >= 11 is 0. The maximum Gasteiger partial charge on any atom is 0.0353 e. The molecule has 0 N–H and O–H groups in total. The Hall–Kier alpha value is -0.720. The van der Waals surface area contributed by atoms with Gasteiger partial charge >= 0.3 is 0 Å². The van der Waals surface area contributed by atoms with Gasteiger partial charge in [0.1, 0.15) is 0 Å². The largest absolute Gasteiger partial charge is 0.375 e. The molecule has 0 saturated heterocycles. The standard InChI is InChI=1S/C11H21N/c1-6-11(4)12(5)9-7-8-10(2)3/h7-8,10H,4,6,9H2,1-3,5H3/b8-7+. The number of rotatable bonds is 5. The average Bonchev–Trinajstić information content (AvgIpc) is 2.02. The molecule has 0 unspecified atom stereocenters. The van der Waals surface area contributed by atoms with Crippen LogP contribution in [0.5, 0.6) is 0 Å². The Morgan fingerprint density at radius 1 is 1.50 bits per heavy atom. The monoisotopic (exact) mass is 167 g/mol. The van der Waals surface area contributed by atoms with Crippen LogP contribution in [0.2, 0.25) is 0 Å². The first-order valence-corrected chi connectivity index (χ1v) is 4.63. The molecule has 1 heteroatoms. The van der Waals surface area contributed by atoms with Gasteiger partial charge in [-0.25, -0.2) is 0 Å². The van der Waals surface area contributed by atoms with E-state index < -0.39 is 0 Å². The van der Waals surface area contributed by atoms with Gasteiger partial charge in [0, 0.05) is 19.3 Å². The predicted octanol–water partition coefficient (Wildman–Crippen LogP) is 3.05. The van der Waals surface area contributed by atoms with Crippen molar-refractivity contribution in [2.75, 3.05) is 13.6 Å².